The third kappa shape index (κ3) is 3.54. The average Bonchev–Trinajstić information content (AvgIpc) is 3.07. The lowest BCUT2D eigenvalue weighted by Crippen LogP contribution is -2.36. The van der Waals surface area contributed by atoms with Gasteiger partial charge < -0.3 is 9.64 Å². The first-order valence-corrected chi connectivity index (χ1v) is 8.28. The van der Waals surface area contributed by atoms with Crippen molar-refractivity contribution in [2.75, 3.05) is 36.7 Å². The number of nitrogens with one attached hydrogen (secondary N) is 1. The van der Waals surface area contributed by atoms with Gasteiger partial charge in [0.05, 0.1) is 19.8 Å². The molecule has 1 fully saturated rings. The van der Waals surface area contributed by atoms with Crippen LogP contribution >= 0.6 is 0 Å². The molecule has 1 aromatic carbocycles. The van der Waals surface area contributed by atoms with E-state index in [1.165, 1.54) is 0 Å². The minimum Gasteiger partial charge on any atom is -0.378 e. The second-order valence-corrected chi connectivity index (χ2v) is 5.88. The standard InChI is InChI=1S/C17H20N6O2/c1-13-11-15(21-25-12-14-5-3-2-4-6-14)23-16(18-13)19-17(20-23)22-7-9-24-10-8-22/h2-6,11,21H,7-10,12H2,1H3. The molecule has 4 rings (SSSR count). The summed E-state index contributed by atoms with van der Waals surface area (Å²) in [5, 5.41) is 4.57. The summed E-state index contributed by atoms with van der Waals surface area (Å²) in [7, 11) is 0. The Morgan fingerprint density at radius 1 is 1.16 bits per heavy atom. The number of aryl methyl sites for hydroxylation is 1. The molecule has 3 heterocycles. The van der Waals surface area contributed by atoms with Gasteiger partial charge in [-0.15, -0.1) is 5.10 Å². The maximum atomic E-state index is 5.62. The van der Waals surface area contributed by atoms with Crippen molar-refractivity contribution in [1.82, 2.24) is 19.6 Å². The molecular weight excluding hydrogens is 320 g/mol. The number of rotatable bonds is 5. The summed E-state index contributed by atoms with van der Waals surface area (Å²) in [6, 6.07) is 11.9. The summed E-state index contributed by atoms with van der Waals surface area (Å²) in [5.74, 6) is 1.91. The van der Waals surface area contributed by atoms with Gasteiger partial charge in [0.15, 0.2) is 5.82 Å². The molecule has 1 saturated heterocycles. The van der Waals surface area contributed by atoms with Gasteiger partial charge in [0.2, 0.25) is 5.95 Å². The van der Waals surface area contributed by atoms with Gasteiger partial charge in [-0.3, -0.25) is 4.84 Å². The number of aromatic nitrogens is 4. The lowest BCUT2D eigenvalue weighted by atomic mass is 10.2. The molecule has 8 nitrogen and oxygen atoms in total. The van der Waals surface area contributed by atoms with Crippen molar-refractivity contribution in [1.29, 1.82) is 0 Å². The SMILES string of the molecule is Cc1cc(NOCc2ccccc2)n2nc(N3CCOCC3)nc2n1. The summed E-state index contributed by atoms with van der Waals surface area (Å²) in [4.78, 5) is 16.7. The first kappa shape index (κ1) is 15.8. The molecule has 0 atom stereocenters. The second kappa shape index (κ2) is 7.04. The first-order valence-electron chi connectivity index (χ1n) is 8.28. The molecule has 0 bridgehead atoms. The van der Waals surface area contributed by atoms with Gasteiger partial charge in [-0.05, 0) is 12.5 Å². The number of ether oxygens (including phenoxy) is 1. The predicted octanol–water partition coefficient (Wildman–Crippen LogP) is 1.81. The Hall–Kier alpha value is -2.71. The maximum absolute atomic E-state index is 5.62. The van der Waals surface area contributed by atoms with E-state index in [1.807, 2.05) is 43.3 Å². The van der Waals surface area contributed by atoms with E-state index in [-0.39, 0.29) is 0 Å². The molecule has 1 aliphatic rings. The highest BCUT2D eigenvalue weighted by atomic mass is 16.6. The Kier molecular flexibility index (Phi) is 4.45. The fourth-order valence-corrected chi connectivity index (χ4v) is 2.71. The van der Waals surface area contributed by atoms with Crippen LogP contribution < -0.4 is 10.4 Å². The summed E-state index contributed by atoms with van der Waals surface area (Å²) < 4.78 is 7.05. The highest BCUT2D eigenvalue weighted by molar-refractivity contribution is 5.48. The molecule has 1 aliphatic heterocycles. The van der Waals surface area contributed by atoms with Crippen LogP contribution in [0.3, 0.4) is 0 Å². The van der Waals surface area contributed by atoms with E-state index in [9.17, 15) is 0 Å². The van der Waals surface area contributed by atoms with Crippen LogP contribution in [0.4, 0.5) is 11.8 Å². The Morgan fingerprint density at radius 3 is 2.76 bits per heavy atom. The Labute approximate surface area is 145 Å². The van der Waals surface area contributed by atoms with Crippen molar-refractivity contribution < 1.29 is 9.57 Å². The molecular formula is C17H20N6O2. The Morgan fingerprint density at radius 2 is 1.96 bits per heavy atom. The van der Waals surface area contributed by atoms with E-state index in [0.29, 0.717) is 37.4 Å². The van der Waals surface area contributed by atoms with Crippen molar-refractivity contribution in [3.63, 3.8) is 0 Å². The summed E-state index contributed by atoms with van der Waals surface area (Å²) in [6.07, 6.45) is 0. The van der Waals surface area contributed by atoms with Crippen LogP contribution in [0, 0.1) is 6.92 Å². The zero-order chi connectivity index (χ0) is 17.1. The molecule has 0 amide bonds. The molecule has 0 unspecified atom stereocenters. The highest BCUT2D eigenvalue weighted by Gasteiger charge is 2.18. The third-order valence-corrected chi connectivity index (χ3v) is 3.98. The van der Waals surface area contributed by atoms with Crippen LogP contribution in [-0.2, 0) is 16.2 Å². The number of hydrogen-bond donors (Lipinski definition) is 1. The Bertz CT molecular complexity index is 845. The smallest absolute Gasteiger partial charge is 0.256 e. The van der Waals surface area contributed by atoms with Gasteiger partial charge in [0, 0.05) is 24.8 Å². The van der Waals surface area contributed by atoms with Crippen molar-refractivity contribution in [3.05, 3.63) is 47.7 Å². The zero-order valence-electron chi connectivity index (χ0n) is 14.1. The lowest BCUT2D eigenvalue weighted by Gasteiger charge is -2.25. The van der Waals surface area contributed by atoms with E-state index in [4.69, 9.17) is 9.57 Å². The van der Waals surface area contributed by atoms with Gasteiger partial charge in [-0.1, -0.05) is 30.3 Å². The van der Waals surface area contributed by atoms with E-state index >= 15 is 0 Å². The van der Waals surface area contributed by atoms with Gasteiger partial charge in [-0.25, -0.2) is 10.5 Å². The lowest BCUT2D eigenvalue weighted by molar-refractivity contribution is 0.122. The molecule has 2 aromatic heterocycles. The topological polar surface area (TPSA) is 76.8 Å². The quantitative estimate of drug-likeness (QED) is 0.710. The van der Waals surface area contributed by atoms with Gasteiger partial charge in [-0.2, -0.15) is 9.50 Å². The zero-order valence-corrected chi connectivity index (χ0v) is 14.1. The number of nitrogens with zero attached hydrogens (tertiary/aromatic N) is 5. The molecule has 1 N–H and O–H groups in total. The van der Waals surface area contributed by atoms with Crippen LogP contribution in [0.2, 0.25) is 0 Å². The van der Waals surface area contributed by atoms with Crippen molar-refractivity contribution >= 4 is 17.5 Å². The first-order chi connectivity index (χ1) is 12.3. The van der Waals surface area contributed by atoms with Crippen LogP contribution in [0.15, 0.2) is 36.4 Å². The molecule has 3 aromatic rings. The van der Waals surface area contributed by atoms with Crippen molar-refractivity contribution in [3.8, 4) is 0 Å². The third-order valence-electron chi connectivity index (χ3n) is 3.98. The molecule has 0 aliphatic carbocycles. The van der Waals surface area contributed by atoms with Crippen LogP contribution in [0.1, 0.15) is 11.3 Å². The summed E-state index contributed by atoms with van der Waals surface area (Å²) >= 11 is 0. The van der Waals surface area contributed by atoms with E-state index < -0.39 is 0 Å². The number of morpholine rings is 1. The maximum Gasteiger partial charge on any atom is 0.256 e. The fraction of sp³-hybridized carbons (Fsp3) is 0.353. The van der Waals surface area contributed by atoms with Crippen LogP contribution in [0.5, 0.6) is 0 Å². The molecule has 8 heteroatoms. The molecule has 0 radical (unpaired) electrons. The minimum absolute atomic E-state index is 0.453. The van der Waals surface area contributed by atoms with Crippen molar-refractivity contribution in [2.45, 2.75) is 13.5 Å². The van der Waals surface area contributed by atoms with Gasteiger partial charge >= 0.3 is 0 Å². The van der Waals surface area contributed by atoms with Crippen molar-refractivity contribution in [2.24, 2.45) is 0 Å². The van der Waals surface area contributed by atoms with E-state index in [0.717, 1.165) is 24.3 Å². The number of benzene rings is 1. The normalized spacial score (nSPS) is 14.8. The van der Waals surface area contributed by atoms with Crippen LogP contribution in [0.25, 0.3) is 5.78 Å². The summed E-state index contributed by atoms with van der Waals surface area (Å²) in [6.45, 7) is 5.31. The van der Waals surface area contributed by atoms with E-state index in [1.54, 1.807) is 4.52 Å². The van der Waals surface area contributed by atoms with Gasteiger partial charge in [0.25, 0.3) is 5.78 Å². The number of hydrogen-bond acceptors (Lipinski definition) is 7. The minimum atomic E-state index is 0.453. The molecule has 0 saturated carbocycles. The summed E-state index contributed by atoms with van der Waals surface area (Å²) in [5.41, 5.74) is 4.90. The monoisotopic (exact) mass is 340 g/mol. The van der Waals surface area contributed by atoms with Crippen LogP contribution in [-0.4, -0.2) is 45.9 Å². The van der Waals surface area contributed by atoms with E-state index in [2.05, 4.69) is 25.4 Å². The predicted molar refractivity (Wildman–Crippen MR) is 93.4 cm³/mol. The largest absolute Gasteiger partial charge is 0.378 e. The molecule has 0 spiro atoms. The molecule has 25 heavy (non-hydrogen) atoms. The average molecular weight is 340 g/mol. The fourth-order valence-electron chi connectivity index (χ4n) is 2.71. The number of fused-ring (bicyclic) bond motifs is 1. The highest BCUT2D eigenvalue weighted by Crippen LogP contribution is 2.17. The Balaban J connectivity index is 1.54. The number of anilines is 2. The second-order valence-electron chi connectivity index (χ2n) is 5.88. The van der Waals surface area contributed by atoms with Gasteiger partial charge in [0.1, 0.15) is 0 Å². The molecule has 130 valence electrons.